The smallest absolute Gasteiger partial charge is 0.185 e. The molecule has 0 aliphatic rings. The number of benzene rings is 2. The van der Waals surface area contributed by atoms with Gasteiger partial charge in [0.1, 0.15) is 12.4 Å². The molecule has 27 heavy (non-hydrogen) atoms. The van der Waals surface area contributed by atoms with Crippen LogP contribution in [0.1, 0.15) is 21.6 Å². The maximum Gasteiger partial charge on any atom is 0.185 e. The zero-order chi connectivity index (χ0) is 19.1. The van der Waals surface area contributed by atoms with Gasteiger partial charge in [-0.2, -0.15) is 0 Å². The fourth-order valence-electron chi connectivity index (χ4n) is 2.40. The first-order valence-electron chi connectivity index (χ1n) is 8.24. The number of methoxy groups -OCH3 is 2. The molecular formula is C21H19NO4S. The van der Waals surface area contributed by atoms with E-state index in [4.69, 9.17) is 14.2 Å². The number of carbonyl (C=O) groups is 1. The highest BCUT2D eigenvalue weighted by molar-refractivity contribution is 7.07. The van der Waals surface area contributed by atoms with E-state index in [2.05, 4.69) is 4.98 Å². The van der Waals surface area contributed by atoms with Gasteiger partial charge >= 0.3 is 0 Å². The molecule has 5 nitrogen and oxygen atoms in total. The second-order valence-corrected chi connectivity index (χ2v) is 6.32. The normalized spacial score (nSPS) is 10.7. The number of ether oxygens (including phenoxy) is 3. The minimum atomic E-state index is -0.111. The Bertz CT molecular complexity index is 918. The standard InChI is InChI=1S/C21H19NO4S/c1-24-20-10-6-16(11-21(20)25-2)19(23)9-5-15-3-7-18(8-4-15)26-12-17-13-27-14-22-17/h3-11,13-14H,12H2,1-2H3. The van der Waals surface area contributed by atoms with Crippen molar-refractivity contribution in [2.24, 2.45) is 0 Å². The molecule has 0 radical (unpaired) electrons. The third-order valence-corrected chi connectivity index (χ3v) is 4.48. The lowest BCUT2D eigenvalue weighted by Crippen LogP contribution is -1.97. The molecule has 0 saturated carbocycles. The zero-order valence-corrected chi connectivity index (χ0v) is 15.9. The molecule has 3 rings (SSSR count). The van der Waals surface area contributed by atoms with Gasteiger partial charge in [-0.25, -0.2) is 4.98 Å². The summed E-state index contributed by atoms with van der Waals surface area (Å²) in [6, 6.07) is 12.6. The second kappa shape index (κ2) is 9.00. The van der Waals surface area contributed by atoms with Gasteiger partial charge in [0.2, 0.25) is 0 Å². The number of carbonyl (C=O) groups excluding carboxylic acids is 1. The first kappa shape index (κ1) is 18.7. The van der Waals surface area contributed by atoms with Crippen LogP contribution in [0.15, 0.2) is 59.4 Å². The Morgan fingerprint density at radius 2 is 1.85 bits per heavy atom. The molecule has 0 unspecified atom stereocenters. The van der Waals surface area contributed by atoms with Crippen LogP contribution in [0, 0.1) is 0 Å². The Labute approximate surface area is 161 Å². The van der Waals surface area contributed by atoms with Gasteiger partial charge < -0.3 is 14.2 Å². The van der Waals surface area contributed by atoms with Gasteiger partial charge in [0.15, 0.2) is 17.3 Å². The number of allylic oxidation sites excluding steroid dienone is 1. The van der Waals surface area contributed by atoms with Crippen molar-refractivity contribution in [1.29, 1.82) is 0 Å². The molecule has 2 aromatic carbocycles. The number of rotatable bonds is 8. The van der Waals surface area contributed by atoms with Crippen LogP contribution in [-0.4, -0.2) is 25.0 Å². The molecule has 0 aliphatic heterocycles. The zero-order valence-electron chi connectivity index (χ0n) is 15.0. The highest BCUT2D eigenvalue weighted by Gasteiger charge is 2.08. The van der Waals surface area contributed by atoms with Crippen molar-refractivity contribution in [2.75, 3.05) is 14.2 Å². The average molecular weight is 381 g/mol. The lowest BCUT2D eigenvalue weighted by molar-refractivity contribution is 0.104. The van der Waals surface area contributed by atoms with Gasteiger partial charge in [-0.3, -0.25) is 4.79 Å². The van der Waals surface area contributed by atoms with Crippen LogP contribution in [0.2, 0.25) is 0 Å². The fourth-order valence-corrected chi connectivity index (χ4v) is 2.94. The molecule has 0 spiro atoms. The van der Waals surface area contributed by atoms with Crippen molar-refractivity contribution >= 4 is 23.2 Å². The van der Waals surface area contributed by atoms with Crippen molar-refractivity contribution < 1.29 is 19.0 Å². The molecule has 6 heteroatoms. The summed E-state index contributed by atoms with van der Waals surface area (Å²) in [7, 11) is 3.10. The summed E-state index contributed by atoms with van der Waals surface area (Å²) in [4.78, 5) is 16.6. The average Bonchev–Trinajstić information content (AvgIpc) is 3.24. The van der Waals surface area contributed by atoms with Crippen molar-refractivity contribution in [1.82, 2.24) is 4.98 Å². The first-order valence-corrected chi connectivity index (χ1v) is 9.18. The minimum absolute atomic E-state index is 0.111. The van der Waals surface area contributed by atoms with Crippen LogP contribution >= 0.6 is 11.3 Å². The second-order valence-electron chi connectivity index (χ2n) is 5.60. The number of hydrogen-bond donors (Lipinski definition) is 0. The van der Waals surface area contributed by atoms with Gasteiger partial charge in [-0.1, -0.05) is 18.2 Å². The van der Waals surface area contributed by atoms with Gasteiger partial charge in [0.05, 0.1) is 25.4 Å². The van der Waals surface area contributed by atoms with Crippen molar-refractivity contribution in [3.63, 3.8) is 0 Å². The van der Waals surface area contributed by atoms with E-state index in [0.29, 0.717) is 23.7 Å². The predicted octanol–water partition coefficient (Wildman–Crippen LogP) is 4.64. The van der Waals surface area contributed by atoms with E-state index in [1.54, 1.807) is 55.3 Å². The Morgan fingerprint density at radius 3 is 2.52 bits per heavy atom. The number of nitrogens with zero attached hydrogens (tertiary/aromatic N) is 1. The monoisotopic (exact) mass is 381 g/mol. The molecule has 1 heterocycles. The van der Waals surface area contributed by atoms with E-state index in [1.165, 1.54) is 6.08 Å². The fraction of sp³-hybridized carbons (Fsp3) is 0.143. The number of hydrogen-bond acceptors (Lipinski definition) is 6. The van der Waals surface area contributed by atoms with Crippen LogP contribution < -0.4 is 14.2 Å². The van der Waals surface area contributed by atoms with Gasteiger partial charge in [-0.15, -0.1) is 11.3 Å². The van der Waals surface area contributed by atoms with Crippen LogP contribution in [0.25, 0.3) is 6.08 Å². The van der Waals surface area contributed by atoms with Gasteiger partial charge in [0.25, 0.3) is 0 Å². The van der Waals surface area contributed by atoms with Gasteiger partial charge in [0, 0.05) is 10.9 Å². The lowest BCUT2D eigenvalue weighted by atomic mass is 10.1. The van der Waals surface area contributed by atoms with Gasteiger partial charge in [-0.05, 0) is 42.0 Å². The molecule has 0 N–H and O–H groups in total. The van der Waals surface area contributed by atoms with E-state index < -0.39 is 0 Å². The molecule has 0 atom stereocenters. The van der Waals surface area contributed by atoms with Crippen LogP contribution in [-0.2, 0) is 6.61 Å². The summed E-state index contributed by atoms with van der Waals surface area (Å²) < 4.78 is 16.1. The quantitative estimate of drug-likeness (QED) is 0.420. The molecule has 138 valence electrons. The molecule has 0 bridgehead atoms. The summed E-state index contributed by atoms with van der Waals surface area (Å²) in [5, 5.41) is 1.96. The van der Waals surface area contributed by atoms with Crippen molar-refractivity contribution in [3.8, 4) is 17.2 Å². The summed E-state index contributed by atoms with van der Waals surface area (Å²) in [6.07, 6.45) is 3.30. The third-order valence-electron chi connectivity index (χ3n) is 3.85. The molecule has 1 aromatic heterocycles. The van der Waals surface area contributed by atoms with E-state index in [-0.39, 0.29) is 5.78 Å². The topological polar surface area (TPSA) is 57.7 Å². The SMILES string of the molecule is COc1ccc(C(=O)C=Cc2ccc(OCc3cscn3)cc2)cc1OC. The molecule has 0 fully saturated rings. The summed E-state index contributed by atoms with van der Waals surface area (Å²) >= 11 is 1.54. The van der Waals surface area contributed by atoms with E-state index in [0.717, 1.165) is 17.0 Å². The maximum atomic E-state index is 12.4. The Kier molecular flexibility index (Phi) is 6.22. The Balaban J connectivity index is 1.62. The van der Waals surface area contributed by atoms with Crippen LogP contribution in [0.5, 0.6) is 17.2 Å². The highest BCUT2D eigenvalue weighted by atomic mass is 32.1. The molecule has 0 amide bonds. The minimum Gasteiger partial charge on any atom is -0.493 e. The van der Waals surface area contributed by atoms with E-state index in [1.807, 2.05) is 29.6 Å². The predicted molar refractivity (Wildman–Crippen MR) is 106 cm³/mol. The lowest BCUT2D eigenvalue weighted by Gasteiger charge is -2.08. The maximum absolute atomic E-state index is 12.4. The van der Waals surface area contributed by atoms with E-state index >= 15 is 0 Å². The molecule has 3 aromatic rings. The van der Waals surface area contributed by atoms with Crippen molar-refractivity contribution in [2.45, 2.75) is 6.61 Å². The largest absolute Gasteiger partial charge is 0.493 e. The van der Waals surface area contributed by atoms with Crippen molar-refractivity contribution in [3.05, 3.63) is 76.3 Å². The summed E-state index contributed by atoms with van der Waals surface area (Å²) in [5.74, 6) is 1.76. The number of thiazole rings is 1. The Morgan fingerprint density at radius 1 is 1.07 bits per heavy atom. The Hall–Kier alpha value is -3.12. The van der Waals surface area contributed by atoms with Crippen LogP contribution in [0.3, 0.4) is 0 Å². The number of aromatic nitrogens is 1. The van der Waals surface area contributed by atoms with E-state index in [9.17, 15) is 4.79 Å². The molecule has 0 saturated heterocycles. The first-order chi connectivity index (χ1) is 13.2. The molecule has 0 aliphatic carbocycles. The molecular weight excluding hydrogens is 362 g/mol. The third kappa shape index (κ3) is 4.95. The summed E-state index contributed by atoms with van der Waals surface area (Å²) in [6.45, 7) is 0.441. The highest BCUT2D eigenvalue weighted by Crippen LogP contribution is 2.28. The summed E-state index contributed by atoms with van der Waals surface area (Å²) in [5.41, 5.74) is 4.13. The number of ketones is 1. The van der Waals surface area contributed by atoms with Crippen LogP contribution in [0.4, 0.5) is 0 Å².